The number of benzene rings is 1. The number of aliphatic imine (C=N–C) groups is 1. The highest BCUT2D eigenvalue weighted by molar-refractivity contribution is 8.15. The van der Waals surface area contributed by atoms with Crippen LogP contribution in [-0.2, 0) is 11.3 Å². The minimum Gasteiger partial charge on any atom is -0.467 e. The average Bonchev–Trinajstić information content (AvgIpc) is 3.07. The van der Waals surface area contributed by atoms with Crippen LogP contribution in [0.25, 0.3) is 0 Å². The second-order valence-corrected chi connectivity index (χ2v) is 4.97. The third-order valence-corrected chi connectivity index (χ3v) is 3.69. The Bertz CT molecular complexity index is 593. The summed E-state index contributed by atoms with van der Waals surface area (Å²) in [5.41, 5.74) is 0.857. The summed E-state index contributed by atoms with van der Waals surface area (Å²) < 4.78 is 5.24. The summed E-state index contributed by atoms with van der Waals surface area (Å²) in [6, 6.07) is 13.3. The van der Waals surface area contributed by atoms with Crippen LogP contribution in [-0.4, -0.2) is 16.8 Å². The number of anilines is 1. The molecule has 0 aliphatic carbocycles. The minimum absolute atomic E-state index is 0.0643. The predicted molar refractivity (Wildman–Crippen MR) is 76.2 cm³/mol. The van der Waals surface area contributed by atoms with Crippen LogP contribution in [0.5, 0.6) is 0 Å². The van der Waals surface area contributed by atoms with Gasteiger partial charge in [-0.1, -0.05) is 30.0 Å². The van der Waals surface area contributed by atoms with Crippen molar-refractivity contribution in [1.29, 1.82) is 0 Å². The Morgan fingerprint density at radius 3 is 2.79 bits per heavy atom. The quantitative estimate of drug-likeness (QED) is 0.863. The minimum atomic E-state index is 0.0643. The predicted octanol–water partition coefficient (Wildman–Crippen LogP) is 2.92. The van der Waals surface area contributed by atoms with E-state index in [1.165, 1.54) is 11.8 Å². The molecule has 2 heterocycles. The van der Waals surface area contributed by atoms with E-state index in [0.29, 0.717) is 12.3 Å². The maximum Gasteiger partial charge on any atom is 0.243 e. The van der Waals surface area contributed by atoms with E-state index < -0.39 is 0 Å². The Hall–Kier alpha value is -2.01. The van der Waals surface area contributed by atoms with Gasteiger partial charge in [-0.25, -0.2) is 0 Å². The van der Waals surface area contributed by atoms with Crippen molar-refractivity contribution >= 4 is 28.5 Å². The van der Waals surface area contributed by atoms with Gasteiger partial charge in [-0.3, -0.25) is 14.7 Å². The summed E-state index contributed by atoms with van der Waals surface area (Å²) in [5, 5.41) is 0.729. The molecule has 0 N–H and O–H groups in total. The maximum absolute atomic E-state index is 11.9. The molecule has 1 aliphatic rings. The van der Waals surface area contributed by atoms with Gasteiger partial charge in [0.25, 0.3) is 0 Å². The summed E-state index contributed by atoms with van der Waals surface area (Å²) in [7, 11) is 0. The van der Waals surface area contributed by atoms with Crippen LogP contribution < -0.4 is 4.90 Å². The standard InChI is InChI=1S/C14H12N2O2S/c17-13-10-19-14(15-9-12-7-4-8-18-12)16(13)11-5-2-1-3-6-11/h1-8H,9-10H2. The SMILES string of the molecule is O=C1CSC(=NCc2ccco2)N1c1ccccc1. The highest BCUT2D eigenvalue weighted by Crippen LogP contribution is 2.26. The van der Waals surface area contributed by atoms with Gasteiger partial charge in [0.2, 0.25) is 5.91 Å². The molecule has 0 bridgehead atoms. The summed E-state index contributed by atoms with van der Waals surface area (Å²) in [6.07, 6.45) is 1.62. The third kappa shape index (κ3) is 2.56. The van der Waals surface area contributed by atoms with Gasteiger partial charge in [0.05, 0.1) is 24.2 Å². The fraction of sp³-hybridized carbons (Fsp3) is 0.143. The Balaban J connectivity index is 1.84. The van der Waals surface area contributed by atoms with E-state index in [2.05, 4.69) is 4.99 Å². The number of rotatable bonds is 3. The molecule has 0 spiro atoms. The first-order chi connectivity index (χ1) is 9.34. The van der Waals surface area contributed by atoms with Crippen LogP contribution >= 0.6 is 11.8 Å². The van der Waals surface area contributed by atoms with Crippen molar-refractivity contribution in [2.24, 2.45) is 4.99 Å². The van der Waals surface area contributed by atoms with E-state index in [1.807, 2.05) is 42.5 Å². The number of amides is 1. The summed E-state index contributed by atoms with van der Waals surface area (Å²) in [5.74, 6) is 1.29. The number of para-hydroxylation sites is 1. The normalized spacial score (nSPS) is 17.4. The van der Waals surface area contributed by atoms with Gasteiger partial charge in [-0.15, -0.1) is 0 Å². The molecule has 1 aliphatic heterocycles. The van der Waals surface area contributed by atoms with E-state index in [4.69, 9.17) is 4.42 Å². The maximum atomic E-state index is 11.9. The zero-order valence-electron chi connectivity index (χ0n) is 10.2. The molecule has 0 saturated carbocycles. The smallest absolute Gasteiger partial charge is 0.243 e. The van der Waals surface area contributed by atoms with Gasteiger partial charge in [0.1, 0.15) is 5.76 Å². The highest BCUT2D eigenvalue weighted by Gasteiger charge is 2.29. The largest absolute Gasteiger partial charge is 0.467 e. The van der Waals surface area contributed by atoms with E-state index in [0.717, 1.165) is 16.6 Å². The third-order valence-electron chi connectivity index (χ3n) is 2.73. The molecule has 1 fully saturated rings. The molecule has 1 amide bonds. The van der Waals surface area contributed by atoms with Crippen LogP contribution in [0.3, 0.4) is 0 Å². The number of thioether (sulfide) groups is 1. The van der Waals surface area contributed by atoms with Crippen LogP contribution in [0, 0.1) is 0 Å². The molecule has 4 nitrogen and oxygen atoms in total. The number of furan rings is 1. The Morgan fingerprint density at radius 1 is 1.21 bits per heavy atom. The fourth-order valence-electron chi connectivity index (χ4n) is 1.86. The molecule has 1 aromatic carbocycles. The van der Waals surface area contributed by atoms with Crippen molar-refractivity contribution in [1.82, 2.24) is 0 Å². The van der Waals surface area contributed by atoms with Gasteiger partial charge < -0.3 is 4.42 Å². The number of carbonyl (C=O) groups is 1. The van der Waals surface area contributed by atoms with Gasteiger partial charge in [0, 0.05) is 0 Å². The van der Waals surface area contributed by atoms with Crippen molar-refractivity contribution in [3.8, 4) is 0 Å². The Morgan fingerprint density at radius 2 is 2.05 bits per heavy atom. The topological polar surface area (TPSA) is 45.8 Å². The van der Waals surface area contributed by atoms with Crippen LogP contribution in [0.4, 0.5) is 5.69 Å². The van der Waals surface area contributed by atoms with Crippen LogP contribution in [0.15, 0.2) is 58.1 Å². The highest BCUT2D eigenvalue weighted by atomic mass is 32.2. The molecular formula is C14H12N2O2S. The second kappa shape index (κ2) is 5.32. The summed E-state index contributed by atoms with van der Waals surface area (Å²) in [4.78, 5) is 18.1. The lowest BCUT2D eigenvalue weighted by molar-refractivity contribution is -0.115. The van der Waals surface area contributed by atoms with Crippen molar-refractivity contribution in [2.45, 2.75) is 6.54 Å². The number of hydrogen-bond acceptors (Lipinski definition) is 4. The monoisotopic (exact) mass is 272 g/mol. The average molecular weight is 272 g/mol. The lowest BCUT2D eigenvalue weighted by Crippen LogP contribution is -2.29. The summed E-state index contributed by atoms with van der Waals surface area (Å²) in [6.45, 7) is 0.450. The summed E-state index contributed by atoms with van der Waals surface area (Å²) >= 11 is 1.46. The van der Waals surface area contributed by atoms with Crippen molar-refractivity contribution in [3.05, 3.63) is 54.5 Å². The van der Waals surface area contributed by atoms with E-state index in [1.54, 1.807) is 11.2 Å². The number of hydrogen-bond donors (Lipinski definition) is 0. The number of carbonyl (C=O) groups excluding carboxylic acids is 1. The molecule has 1 saturated heterocycles. The first kappa shape index (κ1) is 12.0. The van der Waals surface area contributed by atoms with Crippen LogP contribution in [0.1, 0.15) is 5.76 Å². The second-order valence-electron chi connectivity index (χ2n) is 4.03. The molecule has 96 valence electrons. The van der Waals surface area contributed by atoms with Crippen LogP contribution in [0.2, 0.25) is 0 Å². The van der Waals surface area contributed by atoms with E-state index in [-0.39, 0.29) is 5.91 Å². The molecule has 0 atom stereocenters. The fourth-order valence-corrected chi connectivity index (χ4v) is 2.73. The molecule has 19 heavy (non-hydrogen) atoms. The van der Waals surface area contributed by atoms with E-state index >= 15 is 0 Å². The Labute approximate surface area is 115 Å². The molecule has 5 heteroatoms. The first-order valence-corrected chi connectivity index (χ1v) is 6.91. The molecular weight excluding hydrogens is 260 g/mol. The number of nitrogens with zero attached hydrogens (tertiary/aromatic N) is 2. The molecule has 3 rings (SSSR count). The lowest BCUT2D eigenvalue weighted by atomic mass is 10.3. The van der Waals surface area contributed by atoms with Gasteiger partial charge in [0.15, 0.2) is 5.17 Å². The zero-order valence-corrected chi connectivity index (χ0v) is 11.0. The molecule has 2 aromatic rings. The van der Waals surface area contributed by atoms with Crippen molar-refractivity contribution in [3.63, 3.8) is 0 Å². The van der Waals surface area contributed by atoms with Gasteiger partial charge in [-0.05, 0) is 24.3 Å². The van der Waals surface area contributed by atoms with Crippen molar-refractivity contribution in [2.75, 3.05) is 10.7 Å². The molecule has 1 aromatic heterocycles. The molecule has 0 radical (unpaired) electrons. The Kier molecular flexibility index (Phi) is 3.37. The van der Waals surface area contributed by atoms with E-state index in [9.17, 15) is 4.79 Å². The van der Waals surface area contributed by atoms with Gasteiger partial charge >= 0.3 is 0 Å². The zero-order chi connectivity index (χ0) is 13.1. The van der Waals surface area contributed by atoms with Crippen molar-refractivity contribution < 1.29 is 9.21 Å². The first-order valence-electron chi connectivity index (χ1n) is 5.92. The number of amidine groups is 1. The lowest BCUT2D eigenvalue weighted by Gasteiger charge is -2.15. The molecule has 0 unspecified atom stereocenters. The van der Waals surface area contributed by atoms with Gasteiger partial charge in [-0.2, -0.15) is 0 Å².